The number of nitrogens with one attached hydrogen (secondary N) is 1. The van der Waals surface area contributed by atoms with E-state index in [9.17, 15) is 0 Å². The number of allylic oxidation sites excluding steroid dienone is 1. The van der Waals surface area contributed by atoms with Crippen LogP contribution in [0.4, 0.5) is 5.82 Å². The Kier molecular flexibility index (Phi) is 6.33. The number of aromatic nitrogens is 1. The highest BCUT2D eigenvalue weighted by molar-refractivity contribution is 5.38. The Balaban J connectivity index is 2.45. The molecule has 0 unspecified atom stereocenters. The van der Waals surface area contributed by atoms with Crippen LogP contribution in [0.5, 0.6) is 0 Å². The van der Waals surface area contributed by atoms with Crippen LogP contribution in [0, 0.1) is 0 Å². The maximum atomic E-state index is 4.47. The zero-order valence-corrected chi connectivity index (χ0v) is 10.9. The number of rotatable bonds is 8. The summed E-state index contributed by atoms with van der Waals surface area (Å²) in [5, 5.41) is 3.29. The van der Waals surface area contributed by atoms with Crippen molar-refractivity contribution in [2.24, 2.45) is 0 Å². The summed E-state index contributed by atoms with van der Waals surface area (Å²) in [6, 6.07) is 4.22. The van der Waals surface area contributed by atoms with Crippen LogP contribution in [0.25, 0.3) is 0 Å². The fraction of sp³-hybridized carbons (Fsp3) is 0.500. The van der Waals surface area contributed by atoms with Crippen molar-refractivity contribution >= 4 is 5.82 Å². The molecule has 0 aliphatic heterocycles. The van der Waals surface area contributed by atoms with Crippen molar-refractivity contribution < 1.29 is 0 Å². The first-order chi connectivity index (χ1) is 8.27. The number of hydrogen-bond donors (Lipinski definition) is 1. The van der Waals surface area contributed by atoms with E-state index in [1.54, 1.807) is 0 Å². The molecule has 0 aliphatic carbocycles. The van der Waals surface area contributed by atoms with Gasteiger partial charge in [-0.1, -0.05) is 19.1 Å². The lowest BCUT2D eigenvalue weighted by Crippen LogP contribution is -2.19. The standard InChI is InChI=1S/C14H23N3/c1-4-6-7-10-17(3)14-9-8-13(12-16-14)11-15-5-2/h4,8-9,12,15H,1,5-7,10-11H2,2-3H3. The Morgan fingerprint density at radius 1 is 1.47 bits per heavy atom. The van der Waals surface area contributed by atoms with E-state index in [0.29, 0.717) is 0 Å². The third-order valence-electron chi connectivity index (χ3n) is 2.68. The summed E-state index contributed by atoms with van der Waals surface area (Å²) in [6.45, 7) is 8.74. The quantitative estimate of drug-likeness (QED) is 0.552. The Bertz CT molecular complexity index is 319. The van der Waals surface area contributed by atoms with Crippen molar-refractivity contribution in [1.82, 2.24) is 10.3 Å². The molecule has 3 heteroatoms. The van der Waals surface area contributed by atoms with Gasteiger partial charge in [-0.15, -0.1) is 6.58 Å². The van der Waals surface area contributed by atoms with Gasteiger partial charge in [-0.2, -0.15) is 0 Å². The fourth-order valence-corrected chi connectivity index (χ4v) is 1.60. The summed E-state index contributed by atoms with van der Waals surface area (Å²) in [7, 11) is 2.08. The molecule has 1 aromatic heterocycles. The van der Waals surface area contributed by atoms with E-state index in [4.69, 9.17) is 0 Å². The van der Waals surface area contributed by atoms with Gasteiger partial charge in [0.15, 0.2) is 0 Å². The largest absolute Gasteiger partial charge is 0.360 e. The summed E-state index contributed by atoms with van der Waals surface area (Å²) < 4.78 is 0. The first kappa shape index (κ1) is 13.7. The van der Waals surface area contributed by atoms with Crippen molar-refractivity contribution in [3.8, 4) is 0 Å². The minimum Gasteiger partial charge on any atom is -0.360 e. The van der Waals surface area contributed by atoms with Crippen molar-refractivity contribution in [2.45, 2.75) is 26.3 Å². The zero-order valence-electron chi connectivity index (χ0n) is 10.9. The smallest absolute Gasteiger partial charge is 0.128 e. The van der Waals surface area contributed by atoms with Crippen LogP contribution in [0.2, 0.25) is 0 Å². The first-order valence-electron chi connectivity index (χ1n) is 6.25. The second-order valence-corrected chi connectivity index (χ2v) is 4.16. The molecule has 0 saturated carbocycles. The van der Waals surface area contributed by atoms with Gasteiger partial charge in [0.25, 0.3) is 0 Å². The maximum Gasteiger partial charge on any atom is 0.128 e. The lowest BCUT2D eigenvalue weighted by Gasteiger charge is -2.17. The molecule has 1 heterocycles. The Morgan fingerprint density at radius 2 is 2.29 bits per heavy atom. The Labute approximate surface area is 105 Å². The minimum absolute atomic E-state index is 0.893. The topological polar surface area (TPSA) is 28.2 Å². The molecule has 0 aliphatic rings. The van der Waals surface area contributed by atoms with Gasteiger partial charge in [0, 0.05) is 26.3 Å². The molecule has 0 bridgehead atoms. The van der Waals surface area contributed by atoms with Gasteiger partial charge < -0.3 is 10.2 Å². The lowest BCUT2D eigenvalue weighted by molar-refractivity contribution is 0.723. The second kappa shape index (κ2) is 7.85. The highest BCUT2D eigenvalue weighted by Crippen LogP contribution is 2.10. The van der Waals surface area contributed by atoms with Gasteiger partial charge in [-0.3, -0.25) is 0 Å². The molecule has 0 aromatic carbocycles. The Hall–Kier alpha value is -1.35. The monoisotopic (exact) mass is 233 g/mol. The number of nitrogens with zero attached hydrogens (tertiary/aromatic N) is 2. The normalized spacial score (nSPS) is 10.2. The maximum absolute atomic E-state index is 4.47. The summed E-state index contributed by atoms with van der Waals surface area (Å²) >= 11 is 0. The molecule has 0 radical (unpaired) electrons. The summed E-state index contributed by atoms with van der Waals surface area (Å²) in [6.07, 6.45) is 6.09. The van der Waals surface area contributed by atoms with Gasteiger partial charge in [0.05, 0.1) is 0 Å². The van der Waals surface area contributed by atoms with E-state index in [-0.39, 0.29) is 0 Å². The molecule has 94 valence electrons. The molecule has 0 fully saturated rings. The molecule has 0 spiro atoms. The number of pyridine rings is 1. The Morgan fingerprint density at radius 3 is 2.88 bits per heavy atom. The summed E-state index contributed by atoms with van der Waals surface area (Å²) in [4.78, 5) is 6.65. The zero-order chi connectivity index (χ0) is 12.5. The molecule has 17 heavy (non-hydrogen) atoms. The average molecular weight is 233 g/mol. The number of unbranched alkanes of at least 4 members (excludes halogenated alkanes) is 1. The molecule has 0 saturated heterocycles. The van der Waals surface area contributed by atoms with Crippen molar-refractivity contribution in [2.75, 3.05) is 25.0 Å². The van der Waals surface area contributed by atoms with Crippen LogP contribution < -0.4 is 10.2 Å². The number of anilines is 1. The van der Waals surface area contributed by atoms with Crippen LogP contribution in [0.15, 0.2) is 31.0 Å². The second-order valence-electron chi connectivity index (χ2n) is 4.16. The molecule has 0 atom stereocenters. The predicted octanol–water partition coefficient (Wildman–Crippen LogP) is 2.59. The third-order valence-corrected chi connectivity index (χ3v) is 2.68. The molecular formula is C14H23N3. The van der Waals surface area contributed by atoms with Gasteiger partial charge in [0.1, 0.15) is 5.82 Å². The highest BCUT2D eigenvalue weighted by Gasteiger charge is 2.01. The first-order valence-corrected chi connectivity index (χ1v) is 6.25. The molecule has 3 nitrogen and oxygen atoms in total. The fourth-order valence-electron chi connectivity index (χ4n) is 1.60. The van der Waals surface area contributed by atoms with Crippen LogP contribution >= 0.6 is 0 Å². The van der Waals surface area contributed by atoms with Crippen LogP contribution in [0.3, 0.4) is 0 Å². The number of hydrogen-bond acceptors (Lipinski definition) is 3. The van der Waals surface area contributed by atoms with Gasteiger partial charge in [0.2, 0.25) is 0 Å². The minimum atomic E-state index is 0.893. The van der Waals surface area contributed by atoms with E-state index in [1.165, 1.54) is 5.56 Å². The average Bonchev–Trinajstić information content (AvgIpc) is 2.37. The van der Waals surface area contributed by atoms with Crippen LogP contribution in [-0.2, 0) is 6.54 Å². The van der Waals surface area contributed by atoms with E-state index in [2.05, 4.69) is 47.9 Å². The van der Waals surface area contributed by atoms with Crippen LogP contribution in [0.1, 0.15) is 25.3 Å². The lowest BCUT2D eigenvalue weighted by atomic mass is 10.2. The highest BCUT2D eigenvalue weighted by atomic mass is 15.2. The summed E-state index contributed by atoms with van der Waals surface area (Å²) in [5.41, 5.74) is 1.23. The van der Waals surface area contributed by atoms with Crippen molar-refractivity contribution in [3.63, 3.8) is 0 Å². The van der Waals surface area contributed by atoms with Crippen molar-refractivity contribution in [1.29, 1.82) is 0 Å². The van der Waals surface area contributed by atoms with Gasteiger partial charge in [-0.25, -0.2) is 4.98 Å². The van der Waals surface area contributed by atoms with Gasteiger partial charge in [-0.05, 0) is 31.0 Å². The molecule has 0 amide bonds. The van der Waals surface area contributed by atoms with Crippen LogP contribution in [-0.4, -0.2) is 25.1 Å². The van der Waals surface area contributed by atoms with E-state index in [0.717, 1.165) is 38.3 Å². The van der Waals surface area contributed by atoms with Crippen molar-refractivity contribution in [3.05, 3.63) is 36.5 Å². The third kappa shape index (κ3) is 5.00. The predicted molar refractivity (Wildman–Crippen MR) is 74.3 cm³/mol. The molecule has 1 rings (SSSR count). The molecule has 1 aromatic rings. The van der Waals surface area contributed by atoms with Gasteiger partial charge >= 0.3 is 0 Å². The summed E-state index contributed by atoms with van der Waals surface area (Å²) in [5.74, 6) is 1.04. The SMILES string of the molecule is C=CCCCN(C)c1ccc(CNCC)cn1. The van der Waals surface area contributed by atoms with E-state index >= 15 is 0 Å². The van der Waals surface area contributed by atoms with E-state index in [1.807, 2.05) is 12.3 Å². The molecular weight excluding hydrogens is 210 g/mol. The van der Waals surface area contributed by atoms with E-state index < -0.39 is 0 Å². The molecule has 1 N–H and O–H groups in total.